The van der Waals surface area contributed by atoms with Crippen LogP contribution in [0.25, 0.3) is 11.8 Å². The van der Waals surface area contributed by atoms with Gasteiger partial charge in [-0.05, 0) is 60.9 Å². The summed E-state index contributed by atoms with van der Waals surface area (Å²) in [4.78, 5) is 19.2. The summed E-state index contributed by atoms with van der Waals surface area (Å²) in [6.07, 6.45) is 0.585. The van der Waals surface area contributed by atoms with Crippen molar-refractivity contribution in [3.63, 3.8) is 0 Å². The summed E-state index contributed by atoms with van der Waals surface area (Å²) in [6.45, 7) is -0.356. The van der Waals surface area contributed by atoms with Gasteiger partial charge in [0.15, 0.2) is 5.78 Å². The number of carbonyl (C=O) groups is 1. The largest absolute Gasteiger partial charge is 0.416 e. The van der Waals surface area contributed by atoms with Crippen molar-refractivity contribution in [2.45, 2.75) is 24.0 Å². The van der Waals surface area contributed by atoms with Gasteiger partial charge in [-0.25, -0.2) is 17.5 Å². The number of piperidine rings is 1. The lowest BCUT2D eigenvalue weighted by Gasteiger charge is -2.44. The van der Waals surface area contributed by atoms with Crippen LogP contribution in [0.3, 0.4) is 0 Å². The van der Waals surface area contributed by atoms with Gasteiger partial charge in [0, 0.05) is 26.3 Å². The molecule has 1 atom stereocenters. The van der Waals surface area contributed by atoms with Crippen LogP contribution in [0.4, 0.5) is 17.6 Å². The van der Waals surface area contributed by atoms with Gasteiger partial charge in [0.1, 0.15) is 11.5 Å². The zero-order chi connectivity index (χ0) is 29.2. The molecule has 0 saturated carbocycles. The van der Waals surface area contributed by atoms with Crippen LogP contribution in [0.1, 0.15) is 33.7 Å². The second-order valence-corrected chi connectivity index (χ2v) is 11.8. The number of pyridine rings is 1. The van der Waals surface area contributed by atoms with Gasteiger partial charge in [0.05, 0.1) is 34.8 Å². The summed E-state index contributed by atoms with van der Waals surface area (Å²) in [5.41, 5.74) is -0.769. The van der Waals surface area contributed by atoms with Gasteiger partial charge in [0.2, 0.25) is 5.03 Å². The van der Waals surface area contributed by atoms with Crippen LogP contribution in [0, 0.1) is 11.2 Å². The summed E-state index contributed by atoms with van der Waals surface area (Å²) < 4.78 is 83.7. The molecular formula is C26H21F4N7O3S. The number of rotatable bonds is 5. The number of ketones is 1. The second-order valence-electron chi connectivity index (χ2n) is 9.89. The molecule has 3 aromatic heterocycles. The highest BCUT2D eigenvalue weighted by Crippen LogP contribution is 2.47. The highest BCUT2D eigenvalue weighted by molar-refractivity contribution is 7.89. The first-order valence-corrected chi connectivity index (χ1v) is 13.8. The van der Waals surface area contributed by atoms with Crippen molar-refractivity contribution in [3.05, 3.63) is 88.9 Å². The summed E-state index contributed by atoms with van der Waals surface area (Å²) in [6, 6.07) is 7.09. The molecular weight excluding hydrogens is 566 g/mol. The molecule has 1 unspecified atom stereocenters. The van der Waals surface area contributed by atoms with Crippen LogP contribution >= 0.6 is 0 Å². The summed E-state index contributed by atoms with van der Waals surface area (Å²) in [5.74, 6) is -1.17. The smallest absolute Gasteiger partial charge is 0.291 e. The van der Waals surface area contributed by atoms with Crippen LogP contribution in [-0.4, -0.2) is 61.4 Å². The van der Waals surface area contributed by atoms with Crippen molar-refractivity contribution < 1.29 is 30.8 Å². The first-order chi connectivity index (χ1) is 19.4. The number of alkyl halides is 3. The molecule has 0 spiro atoms. The molecule has 1 aromatic carbocycles. The Balaban J connectivity index is 1.47. The van der Waals surface area contributed by atoms with Crippen molar-refractivity contribution >= 4 is 21.9 Å². The average molecular weight is 588 g/mol. The normalized spacial score (nSPS) is 19.4. The molecule has 15 heteroatoms. The third kappa shape index (κ3) is 4.54. The predicted octanol–water partition coefficient (Wildman–Crippen LogP) is 3.46. The van der Waals surface area contributed by atoms with Crippen molar-refractivity contribution in [3.8, 4) is 5.69 Å². The standard InChI is InChI=1S/C26H21F4N7O3S/c1-35-32-14-23(34-35)41(39,40)36-9-7-17-11-22-16(13-33-37(22)20-4-2-19(27)3-5-20)12-25(17,15-36)24(38)21-10-18(6-8-31-21)26(28,29)30/h2-6,8,10-11,13-14H,7,9,12,15H2,1H3. The maximum absolute atomic E-state index is 14.2. The van der Waals surface area contributed by atoms with E-state index < -0.39 is 44.5 Å². The van der Waals surface area contributed by atoms with Gasteiger partial charge < -0.3 is 0 Å². The maximum atomic E-state index is 14.2. The highest BCUT2D eigenvalue weighted by atomic mass is 32.2. The van der Waals surface area contributed by atoms with E-state index in [1.165, 1.54) is 37.5 Å². The van der Waals surface area contributed by atoms with Crippen LogP contribution in [0.5, 0.6) is 0 Å². The first-order valence-electron chi connectivity index (χ1n) is 12.4. The number of Topliss-reactive ketones (excluding diaryl/α,β-unsaturated/α-hetero) is 1. The van der Waals surface area contributed by atoms with Gasteiger partial charge in [0.25, 0.3) is 10.0 Å². The minimum absolute atomic E-state index is 0.00416. The monoisotopic (exact) mass is 587 g/mol. The van der Waals surface area contributed by atoms with E-state index in [1.54, 1.807) is 10.8 Å². The zero-order valence-electron chi connectivity index (χ0n) is 21.4. The quantitative estimate of drug-likeness (QED) is 0.259. The fourth-order valence-electron chi connectivity index (χ4n) is 5.36. The summed E-state index contributed by atoms with van der Waals surface area (Å²) in [5, 5.41) is 11.8. The highest BCUT2D eigenvalue weighted by Gasteiger charge is 2.52. The van der Waals surface area contributed by atoms with Crippen molar-refractivity contribution in [2.75, 3.05) is 13.1 Å². The molecule has 4 aromatic rings. The molecule has 6 rings (SSSR count). The molecule has 10 nitrogen and oxygen atoms in total. The Hall–Kier alpha value is -4.24. The number of sulfonamides is 1. The van der Waals surface area contributed by atoms with E-state index in [9.17, 15) is 30.8 Å². The molecule has 212 valence electrons. The van der Waals surface area contributed by atoms with Crippen molar-refractivity contribution in [2.24, 2.45) is 12.5 Å². The lowest BCUT2D eigenvalue weighted by Crippen LogP contribution is -2.53. The molecule has 0 bridgehead atoms. The summed E-state index contributed by atoms with van der Waals surface area (Å²) >= 11 is 0. The minimum Gasteiger partial charge on any atom is -0.291 e. The zero-order valence-corrected chi connectivity index (χ0v) is 22.2. The number of carbonyl (C=O) groups excluding carboxylic acids is 1. The lowest BCUT2D eigenvalue weighted by molar-refractivity contribution is -0.137. The van der Waals surface area contributed by atoms with Crippen LogP contribution in [0.15, 0.2) is 65.6 Å². The third-order valence-electron chi connectivity index (χ3n) is 7.39. The van der Waals surface area contributed by atoms with Gasteiger partial charge >= 0.3 is 6.18 Å². The van der Waals surface area contributed by atoms with Crippen molar-refractivity contribution in [1.29, 1.82) is 0 Å². The number of halogens is 4. The first kappa shape index (κ1) is 27.0. The maximum Gasteiger partial charge on any atom is 0.416 e. The lowest BCUT2D eigenvalue weighted by atomic mass is 9.65. The van der Waals surface area contributed by atoms with Crippen molar-refractivity contribution in [1.82, 2.24) is 34.1 Å². The van der Waals surface area contributed by atoms with E-state index in [0.717, 1.165) is 27.6 Å². The fraction of sp³-hybridized carbons (Fsp3) is 0.269. The van der Waals surface area contributed by atoms with Crippen LogP contribution < -0.4 is 0 Å². The Morgan fingerprint density at radius 2 is 1.83 bits per heavy atom. The summed E-state index contributed by atoms with van der Waals surface area (Å²) in [7, 11) is -2.73. The predicted molar refractivity (Wildman–Crippen MR) is 136 cm³/mol. The Kier molecular flexibility index (Phi) is 6.19. The Bertz CT molecular complexity index is 1810. The molecule has 41 heavy (non-hydrogen) atoms. The molecule has 0 radical (unpaired) electrons. The minimum atomic E-state index is -4.71. The number of hydrogen-bond acceptors (Lipinski definition) is 7. The number of hydrogen-bond donors (Lipinski definition) is 0. The molecule has 0 amide bonds. The molecule has 0 N–H and O–H groups in total. The van der Waals surface area contributed by atoms with E-state index in [4.69, 9.17) is 0 Å². The topological polar surface area (TPSA) is 116 Å². The Morgan fingerprint density at radius 1 is 1.07 bits per heavy atom. The van der Waals surface area contributed by atoms with E-state index in [-0.39, 0.29) is 31.0 Å². The van der Waals surface area contributed by atoms with E-state index >= 15 is 0 Å². The molecule has 1 saturated heterocycles. The fourth-order valence-corrected chi connectivity index (χ4v) is 6.75. The van der Waals surface area contributed by atoms with Gasteiger partial charge in [-0.15, -0.1) is 5.10 Å². The molecule has 1 fully saturated rings. The van der Waals surface area contributed by atoms with Gasteiger partial charge in [-0.2, -0.15) is 32.5 Å². The van der Waals surface area contributed by atoms with Gasteiger partial charge in [-0.3, -0.25) is 9.78 Å². The number of fused-ring (bicyclic) bond motifs is 2. The number of benzene rings is 1. The van der Waals surface area contributed by atoms with E-state index in [2.05, 4.69) is 20.3 Å². The van der Waals surface area contributed by atoms with E-state index in [0.29, 0.717) is 28.6 Å². The van der Waals surface area contributed by atoms with E-state index in [1.807, 2.05) is 0 Å². The molecule has 4 heterocycles. The SMILES string of the molecule is Cn1ncc(S(=O)(=O)N2CCC3=Cc4c(cnn4-c4ccc(F)cc4)CC3(C(=O)c3cc(C(F)(F)F)ccn3)C2)n1. The Labute approximate surface area is 231 Å². The Morgan fingerprint density at radius 3 is 2.51 bits per heavy atom. The molecule has 1 aliphatic carbocycles. The number of nitrogens with zero attached hydrogens (tertiary/aromatic N) is 7. The number of aryl methyl sites for hydroxylation is 1. The third-order valence-corrected chi connectivity index (χ3v) is 9.10. The molecule has 2 aliphatic rings. The van der Waals surface area contributed by atoms with Crippen LogP contribution in [0.2, 0.25) is 0 Å². The van der Waals surface area contributed by atoms with Crippen LogP contribution in [-0.2, 0) is 29.7 Å². The number of aromatic nitrogens is 6. The van der Waals surface area contributed by atoms with Gasteiger partial charge in [-0.1, -0.05) is 5.57 Å². The molecule has 1 aliphatic heterocycles. The second kappa shape index (κ2) is 9.41. The average Bonchev–Trinajstić information content (AvgIpc) is 3.57.